The summed E-state index contributed by atoms with van der Waals surface area (Å²) in [6.07, 6.45) is 0. The maximum Gasteiger partial charge on any atom is 0.238 e. The molecule has 0 amide bonds. The third kappa shape index (κ3) is 2.02. The molecule has 0 bridgehead atoms. The van der Waals surface area contributed by atoms with Gasteiger partial charge in [0.05, 0.1) is 9.37 Å². The molecule has 0 saturated heterocycles. The molecule has 66 valence electrons. The zero-order valence-corrected chi connectivity index (χ0v) is 8.19. The van der Waals surface area contributed by atoms with Crippen molar-refractivity contribution in [2.24, 2.45) is 5.14 Å². The Hall–Kier alpha value is -0.460. The van der Waals surface area contributed by atoms with Gasteiger partial charge in [-0.05, 0) is 34.1 Å². The average molecular weight is 254 g/mol. The van der Waals surface area contributed by atoms with Gasteiger partial charge in [0.15, 0.2) is 0 Å². The van der Waals surface area contributed by atoms with Gasteiger partial charge in [-0.1, -0.05) is 0 Å². The van der Waals surface area contributed by atoms with Crippen molar-refractivity contribution in [3.05, 3.63) is 28.5 Å². The first kappa shape index (κ1) is 9.63. The number of rotatable bonds is 1. The summed E-state index contributed by atoms with van der Waals surface area (Å²) in [5.41, 5.74) is 0. The standard InChI is InChI=1S/C6H5BrFNO2S/c7-5-2-1-4(3-6(5)8)12(9,10)11/h1-3H,(H2,9,10,11). The van der Waals surface area contributed by atoms with Crippen LogP contribution in [0.3, 0.4) is 0 Å². The zero-order chi connectivity index (χ0) is 9.35. The van der Waals surface area contributed by atoms with Gasteiger partial charge >= 0.3 is 0 Å². The van der Waals surface area contributed by atoms with Gasteiger partial charge in [0.2, 0.25) is 10.0 Å². The Labute approximate surface area is 77.6 Å². The van der Waals surface area contributed by atoms with Gasteiger partial charge in [-0.3, -0.25) is 0 Å². The van der Waals surface area contributed by atoms with Crippen LogP contribution in [0.4, 0.5) is 4.39 Å². The van der Waals surface area contributed by atoms with E-state index in [2.05, 4.69) is 15.9 Å². The Kier molecular flexibility index (Phi) is 2.50. The predicted molar refractivity (Wildman–Crippen MR) is 45.5 cm³/mol. The first-order valence-electron chi connectivity index (χ1n) is 2.89. The van der Waals surface area contributed by atoms with Gasteiger partial charge in [-0.25, -0.2) is 17.9 Å². The maximum absolute atomic E-state index is 12.7. The molecule has 6 heteroatoms. The van der Waals surface area contributed by atoms with E-state index < -0.39 is 15.8 Å². The Morgan fingerprint density at radius 2 is 2.00 bits per heavy atom. The van der Waals surface area contributed by atoms with Crippen LogP contribution in [0.2, 0.25) is 0 Å². The van der Waals surface area contributed by atoms with E-state index in [4.69, 9.17) is 5.14 Å². The van der Waals surface area contributed by atoms with Crippen molar-refractivity contribution in [1.29, 1.82) is 0 Å². The number of primary sulfonamides is 1. The fourth-order valence-electron chi connectivity index (χ4n) is 0.654. The smallest absolute Gasteiger partial charge is 0.225 e. The highest BCUT2D eigenvalue weighted by atomic mass is 79.9. The van der Waals surface area contributed by atoms with Crippen LogP contribution in [0.25, 0.3) is 0 Å². The molecule has 0 heterocycles. The summed E-state index contributed by atoms with van der Waals surface area (Å²) in [5, 5.41) is 4.77. The summed E-state index contributed by atoms with van der Waals surface area (Å²) in [4.78, 5) is -0.233. The van der Waals surface area contributed by atoms with E-state index in [9.17, 15) is 12.8 Å². The summed E-state index contributed by atoms with van der Waals surface area (Å²) >= 11 is 2.89. The Morgan fingerprint density at radius 1 is 1.42 bits per heavy atom. The lowest BCUT2D eigenvalue weighted by Crippen LogP contribution is -2.12. The molecule has 0 aromatic heterocycles. The number of sulfonamides is 1. The highest BCUT2D eigenvalue weighted by Crippen LogP contribution is 2.18. The van der Waals surface area contributed by atoms with Gasteiger partial charge in [0.1, 0.15) is 5.82 Å². The summed E-state index contributed by atoms with van der Waals surface area (Å²) in [7, 11) is -3.80. The van der Waals surface area contributed by atoms with Crippen molar-refractivity contribution >= 4 is 26.0 Å². The van der Waals surface area contributed by atoms with E-state index >= 15 is 0 Å². The second kappa shape index (κ2) is 3.12. The summed E-state index contributed by atoms with van der Waals surface area (Å²) in [5.74, 6) is -0.651. The molecule has 0 radical (unpaired) electrons. The molecule has 0 atom stereocenters. The molecule has 2 N–H and O–H groups in total. The largest absolute Gasteiger partial charge is 0.238 e. The summed E-state index contributed by atoms with van der Waals surface area (Å²) < 4.78 is 34.3. The molecule has 0 fully saturated rings. The maximum atomic E-state index is 12.7. The first-order valence-corrected chi connectivity index (χ1v) is 5.23. The normalized spacial score (nSPS) is 11.6. The lowest BCUT2D eigenvalue weighted by molar-refractivity contribution is 0.591. The van der Waals surface area contributed by atoms with Gasteiger partial charge in [-0.15, -0.1) is 0 Å². The van der Waals surface area contributed by atoms with Crippen LogP contribution in [0.1, 0.15) is 0 Å². The van der Waals surface area contributed by atoms with Crippen LogP contribution in [-0.2, 0) is 10.0 Å². The van der Waals surface area contributed by atoms with Crippen LogP contribution >= 0.6 is 15.9 Å². The number of hydrogen-bond acceptors (Lipinski definition) is 2. The monoisotopic (exact) mass is 253 g/mol. The van der Waals surface area contributed by atoms with Crippen molar-refractivity contribution in [2.75, 3.05) is 0 Å². The molecule has 0 spiro atoms. The van der Waals surface area contributed by atoms with Crippen molar-refractivity contribution in [3.8, 4) is 0 Å². The molecule has 0 saturated carbocycles. The highest BCUT2D eigenvalue weighted by molar-refractivity contribution is 9.10. The van der Waals surface area contributed by atoms with Crippen molar-refractivity contribution < 1.29 is 12.8 Å². The second-order valence-corrected chi connectivity index (χ2v) is 4.54. The van der Waals surface area contributed by atoms with E-state index in [-0.39, 0.29) is 9.37 Å². The molecule has 1 aromatic rings. The minimum absolute atomic E-state index is 0.204. The third-order valence-electron chi connectivity index (χ3n) is 1.22. The molecule has 1 rings (SSSR count). The van der Waals surface area contributed by atoms with E-state index in [1.165, 1.54) is 12.1 Å². The minimum Gasteiger partial charge on any atom is -0.225 e. The average Bonchev–Trinajstić information content (AvgIpc) is 1.92. The Morgan fingerprint density at radius 3 is 2.42 bits per heavy atom. The second-order valence-electron chi connectivity index (χ2n) is 2.12. The summed E-state index contributed by atoms with van der Waals surface area (Å²) in [6.45, 7) is 0. The van der Waals surface area contributed by atoms with Crippen LogP contribution in [-0.4, -0.2) is 8.42 Å². The van der Waals surface area contributed by atoms with Crippen LogP contribution < -0.4 is 5.14 Å². The quantitative estimate of drug-likeness (QED) is 0.819. The van der Waals surface area contributed by atoms with Gasteiger partial charge in [0.25, 0.3) is 0 Å². The number of benzene rings is 1. The molecule has 0 unspecified atom stereocenters. The molecule has 3 nitrogen and oxygen atoms in total. The van der Waals surface area contributed by atoms with Gasteiger partial charge in [0, 0.05) is 0 Å². The lowest BCUT2D eigenvalue weighted by atomic mass is 10.3. The Balaban J connectivity index is 3.33. The molecule has 1 aromatic carbocycles. The van der Waals surface area contributed by atoms with E-state index in [1.54, 1.807) is 0 Å². The van der Waals surface area contributed by atoms with Crippen molar-refractivity contribution in [2.45, 2.75) is 4.90 Å². The highest BCUT2D eigenvalue weighted by Gasteiger charge is 2.09. The molecular weight excluding hydrogens is 249 g/mol. The van der Waals surface area contributed by atoms with E-state index in [1.807, 2.05) is 0 Å². The van der Waals surface area contributed by atoms with E-state index in [0.717, 1.165) is 6.07 Å². The molecule has 12 heavy (non-hydrogen) atoms. The number of nitrogens with two attached hydrogens (primary N) is 1. The van der Waals surface area contributed by atoms with Crippen molar-refractivity contribution in [1.82, 2.24) is 0 Å². The number of halogens is 2. The summed E-state index contributed by atoms with van der Waals surface area (Å²) in [6, 6.07) is 3.37. The minimum atomic E-state index is -3.80. The third-order valence-corrected chi connectivity index (χ3v) is 2.77. The fourth-order valence-corrected chi connectivity index (χ4v) is 1.43. The van der Waals surface area contributed by atoms with Crippen molar-refractivity contribution in [3.63, 3.8) is 0 Å². The van der Waals surface area contributed by atoms with E-state index in [0.29, 0.717) is 0 Å². The molecule has 0 aliphatic carbocycles. The fraction of sp³-hybridized carbons (Fsp3) is 0. The first-order chi connectivity index (χ1) is 5.41. The van der Waals surface area contributed by atoms with Gasteiger partial charge in [-0.2, -0.15) is 0 Å². The predicted octanol–water partition coefficient (Wildman–Crippen LogP) is 1.24. The molecular formula is C6H5BrFNO2S. The topological polar surface area (TPSA) is 60.2 Å². The van der Waals surface area contributed by atoms with Crippen LogP contribution in [0, 0.1) is 5.82 Å². The zero-order valence-electron chi connectivity index (χ0n) is 5.79. The SMILES string of the molecule is NS(=O)(=O)c1ccc(Br)c(F)c1. The molecule has 0 aliphatic heterocycles. The van der Waals surface area contributed by atoms with Gasteiger partial charge < -0.3 is 0 Å². The lowest BCUT2D eigenvalue weighted by Gasteiger charge is -1.98. The van der Waals surface area contributed by atoms with Crippen LogP contribution in [0.15, 0.2) is 27.6 Å². The van der Waals surface area contributed by atoms with Crippen LogP contribution in [0.5, 0.6) is 0 Å². The Bertz CT molecular complexity index is 404. The number of hydrogen-bond donors (Lipinski definition) is 1. The molecule has 0 aliphatic rings.